The molecule has 0 spiro atoms. The maximum Gasteiger partial charge on any atom is 0.315 e. The molecule has 1 aromatic carbocycles. The van der Waals surface area contributed by atoms with Crippen molar-refractivity contribution >= 4 is 6.03 Å². The zero-order valence-electron chi connectivity index (χ0n) is 13.1. The minimum absolute atomic E-state index is 0.111. The third-order valence-electron chi connectivity index (χ3n) is 3.37. The molecule has 1 rings (SSSR count). The number of carbonyl (C=O) groups excluding carboxylic acids is 1. The third-order valence-corrected chi connectivity index (χ3v) is 3.37. The van der Waals surface area contributed by atoms with Crippen LogP contribution in [0, 0.1) is 5.41 Å². The zero-order chi connectivity index (χ0) is 15.7. The standard InChI is InChI=1S/C16H26N2O3/c1-16(2,8-9-19)12-18-15(20)17-10-13-6-4-5-7-14(13)11-21-3/h4-7,19H,8-12H2,1-3H3,(H2,17,18,20). The Balaban J connectivity index is 2.43. The first-order valence-electron chi connectivity index (χ1n) is 7.17. The predicted molar refractivity (Wildman–Crippen MR) is 82.9 cm³/mol. The second-order valence-electron chi connectivity index (χ2n) is 5.88. The maximum atomic E-state index is 11.8. The Morgan fingerprint density at radius 1 is 1.24 bits per heavy atom. The van der Waals surface area contributed by atoms with Gasteiger partial charge in [-0.3, -0.25) is 0 Å². The summed E-state index contributed by atoms with van der Waals surface area (Å²) < 4.78 is 5.14. The molecule has 2 amide bonds. The first-order valence-corrected chi connectivity index (χ1v) is 7.17. The SMILES string of the molecule is COCc1ccccc1CNC(=O)NCC(C)(C)CCO. The van der Waals surface area contributed by atoms with Crippen molar-refractivity contribution in [2.45, 2.75) is 33.4 Å². The smallest absolute Gasteiger partial charge is 0.315 e. The lowest BCUT2D eigenvalue weighted by molar-refractivity contribution is 0.184. The van der Waals surface area contributed by atoms with Crippen LogP contribution >= 0.6 is 0 Å². The van der Waals surface area contributed by atoms with Crippen molar-refractivity contribution in [2.24, 2.45) is 5.41 Å². The lowest BCUT2D eigenvalue weighted by atomic mass is 9.90. The molecular weight excluding hydrogens is 268 g/mol. The summed E-state index contributed by atoms with van der Waals surface area (Å²) in [6.07, 6.45) is 0.657. The topological polar surface area (TPSA) is 70.6 Å². The number of aliphatic hydroxyl groups excluding tert-OH is 1. The van der Waals surface area contributed by atoms with Crippen LogP contribution in [0.5, 0.6) is 0 Å². The van der Waals surface area contributed by atoms with Gasteiger partial charge in [0.25, 0.3) is 0 Å². The Hall–Kier alpha value is -1.59. The van der Waals surface area contributed by atoms with E-state index in [1.807, 2.05) is 38.1 Å². The first-order chi connectivity index (χ1) is 9.98. The molecule has 0 aromatic heterocycles. The van der Waals surface area contributed by atoms with Gasteiger partial charge in [-0.1, -0.05) is 38.1 Å². The monoisotopic (exact) mass is 294 g/mol. The van der Waals surface area contributed by atoms with E-state index in [1.54, 1.807) is 7.11 Å². The molecule has 21 heavy (non-hydrogen) atoms. The average Bonchev–Trinajstić information content (AvgIpc) is 2.44. The highest BCUT2D eigenvalue weighted by atomic mass is 16.5. The first kappa shape index (κ1) is 17.5. The second kappa shape index (κ2) is 8.64. The van der Waals surface area contributed by atoms with Crippen molar-refractivity contribution < 1.29 is 14.6 Å². The predicted octanol–water partition coefficient (Wildman–Crippen LogP) is 2.04. The quantitative estimate of drug-likeness (QED) is 0.687. The Bertz CT molecular complexity index is 447. The summed E-state index contributed by atoms with van der Waals surface area (Å²) in [5.74, 6) is 0. The van der Waals surface area contributed by atoms with E-state index in [9.17, 15) is 4.79 Å². The van der Waals surface area contributed by atoms with Crippen molar-refractivity contribution in [3.63, 3.8) is 0 Å². The van der Waals surface area contributed by atoms with Gasteiger partial charge in [0.15, 0.2) is 0 Å². The normalized spacial score (nSPS) is 11.2. The van der Waals surface area contributed by atoms with Crippen molar-refractivity contribution in [1.82, 2.24) is 10.6 Å². The van der Waals surface area contributed by atoms with Crippen molar-refractivity contribution in [3.05, 3.63) is 35.4 Å². The molecule has 0 aliphatic carbocycles. The molecule has 0 aliphatic heterocycles. The van der Waals surface area contributed by atoms with Gasteiger partial charge in [-0.15, -0.1) is 0 Å². The molecule has 0 fully saturated rings. The van der Waals surface area contributed by atoms with E-state index in [0.29, 0.717) is 26.1 Å². The number of rotatable bonds is 8. The molecule has 0 bridgehead atoms. The van der Waals surface area contributed by atoms with Gasteiger partial charge in [-0.05, 0) is 23.0 Å². The van der Waals surface area contributed by atoms with Gasteiger partial charge in [0, 0.05) is 26.8 Å². The van der Waals surface area contributed by atoms with Gasteiger partial charge in [-0.2, -0.15) is 0 Å². The van der Waals surface area contributed by atoms with Crippen LogP contribution in [-0.4, -0.2) is 31.4 Å². The van der Waals surface area contributed by atoms with E-state index in [2.05, 4.69) is 10.6 Å². The fraction of sp³-hybridized carbons (Fsp3) is 0.562. The van der Waals surface area contributed by atoms with Crippen molar-refractivity contribution in [3.8, 4) is 0 Å². The summed E-state index contributed by atoms with van der Waals surface area (Å²) >= 11 is 0. The zero-order valence-corrected chi connectivity index (χ0v) is 13.1. The molecule has 0 heterocycles. The van der Waals surface area contributed by atoms with Crippen molar-refractivity contribution in [2.75, 3.05) is 20.3 Å². The number of methoxy groups -OCH3 is 1. The summed E-state index contributed by atoms with van der Waals surface area (Å²) in [5.41, 5.74) is 2.00. The minimum atomic E-state index is -0.201. The molecule has 0 unspecified atom stereocenters. The number of ether oxygens (including phenoxy) is 1. The van der Waals surface area contributed by atoms with E-state index >= 15 is 0 Å². The van der Waals surface area contributed by atoms with Crippen LogP contribution in [0.25, 0.3) is 0 Å². The average molecular weight is 294 g/mol. The van der Waals surface area contributed by atoms with Gasteiger partial charge in [0.2, 0.25) is 0 Å². The highest BCUT2D eigenvalue weighted by molar-refractivity contribution is 5.73. The molecule has 0 saturated carbocycles. The van der Waals surface area contributed by atoms with E-state index in [1.165, 1.54) is 0 Å². The molecule has 5 heteroatoms. The molecule has 0 radical (unpaired) electrons. The Morgan fingerprint density at radius 3 is 2.52 bits per heavy atom. The van der Waals surface area contributed by atoms with Crippen LogP contribution in [0.2, 0.25) is 0 Å². The van der Waals surface area contributed by atoms with Gasteiger partial charge in [0.1, 0.15) is 0 Å². The fourth-order valence-corrected chi connectivity index (χ4v) is 1.97. The number of hydrogen-bond acceptors (Lipinski definition) is 3. The molecule has 0 atom stereocenters. The molecule has 3 N–H and O–H groups in total. The highest BCUT2D eigenvalue weighted by Gasteiger charge is 2.17. The van der Waals surface area contributed by atoms with E-state index in [-0.39, 0.29) is 18.1 Å². The summed E-state index contributed by atoms with van der Waals surface area (Å²) in [7, 11) is 1.65. The maximum absolute atomic E-state index is 11.8. The number of urea groups is 1. The third kappa shape index (κ3) is 6.60. The Labute approximate surface area is 126 Å². The molecule has 0 saturated heterocycles. The Morgan fingerprint density at radius 2 is 1.90 bits per heavy atom. The Kier molecular flexibility index (Phi) is 7.19. The second-order valence-corrected chi connectivity index (χ2v) is 5.88. The van der Waals surface area contributed by atoms with Crippen LogP contribution in [-0.2, 0) is 17.9 Å². The number of nitrogens with one attached hydrogen (secondary N) is 2. The highest BCUT2D eigenvalue weighted by Crippen LogP contribution is 2.17. The van der Waals surface area contributed by atoms with Crippen LogP contribution in [0.1, 0.15) is 31.4 Å². The fourth-order valence-electron chi connectivity index (χ4n) is 1.97. The van der Waals surface area contributed by atoms with Gasteiger partial charge in [-0.25, -0.2) is 4.79 Å². The number of carbonyl (C=O) groups is 1. The van der Waals surface area contributed by atoms with Crippen LogP contribution in [0.4, 0.5) is 4.79 Å². The largest absolute Gasteiger partial charge is 0.396 e. The van der Waals surface area contributed by atoms with Crippen LogP contribution in [0.3, 0.4) is 0 Å². The number of hydrogen-bond donors (Lipinski definition) is 3. The van der Waals surface area contributed by atoms with Crippen LogP contribution < -0.4 is 10.6 Å². The van der Waals surface area contributed by atoms with E-state index in [0.717, 1.165) is 11.1 Å². The molecule has 118 valence electrons. The minimum Gasteiger partial charge on any atom is -0.396 e. The van der Waals surface area contributed by atoms with Gasteiger partial charge in [0.05, 0.1) is 6.61 Å². The molecular formula is C16H26N2O3. The van der Waals surface area contributed by atoms with E-state index < -0.39 is 0 Å². The van der Waals surface area contributed by atoms with Crippen molar-refractivity contribution in [1.29, 1.82) is 0 Å². The number of benzene rings is 1. The number of amides is 2. The summed E-state index contributed by atoms with van der Waals surface area (Å²) in [6.45, 7) is 5.67. The lowest BCUT2D eigenvalue weighted by Gasteiger charge is -2.24. The van der Waals surface area contributed by atoms with Crippen LogP contribution in [0.15, 0.2) is 24.3 Å². The molecule has 5 nitrogen and oxygen atoms in total. The molecule has 1 aromatic rings. The lowest BCUT2D eigenvalue weighted by Crippen LogP contribution is -2.40. The van der Waals surface area contributed by atoms with Gasteiger partial charge >= 0.3 is 6.03 Å². The van der Waals surface area contributed by atoms with Gasteiger partial charge < -0.3 is 20.5 Å². The van der Waals surface area contributed by atoms with E-state index in [4.69, 9.17) is 9.84 Å². The summed E-state index contributed by atoms with van der Waals surface area (Å²) in [6, 6.07) is 7.66. The summed E-state index contributed by atoms with van der Waals surface area (Å²) in [5, 5.41) is 14.6. The summed E-state index contributed by atoms with van der Waals surface area (Å²) in [4.78, 5) is 11.8. The number of aliphatic hydroxyl groups is 1. The molecule has 0 aliphatic rings.